The highest BCUT2D eigenvalue weighted by atomic mass is 127. The highest BCUT2D eigenvalue weighted by Gasteiger charge is 2.31. The zero-order valence-electron chi connectivity index (χ0n) is 16.9. The maximum absolute atomic E-state index is 5.21. The zero-order chi connectivity index (χ0) is 19.1. The molecule has 1 aliphatic rings. The number of benzene rings is 1. The topological polar surface area (TPSA) is 48.9 Å². The predicted molar refractivity (Wildman–Crippen MR) is 129 cm³/mol. The summed E-state index contributed by atoms with van der Waals surface area (Å²) in [5, 5.41) is 9.13. The van der Waals surface area contributed by atoms with Gasteiger partial charge < -0.3 is 15.4 Å². The van der Waals surface area contributed by atoms with E-state index in [2.05, 4.69) is 57.2 Å². The van der Waals surface area contributed by atoms with Gasteiger partial charge in [0.25, 0.3) is 0 Å². The first kappa shape index (κ1) is 23.0. The zero-order valence-corrected chi connectivity index (χ0v) is 20.0. The fraction of sp³-hybridized carbons (Fsp3) is 0.476. The molecule has 0 radical (unpaired) electrons. The van der Waals surface area contributed by atoms with Gasteiger partial charge in [-0.05, 0) is 61.5 Å². The van der Waals surface area contributed by atoms with Gasteiger partial charge >= 0.3 is 0 Å². The summed E-state index contributed by atoms with van der Waals surface area (Å²) < 4.78 is 5.21. The van der Waals surface area contributed by atoms with Crippen molar-refractivity contribution in [3.05, 3.63) is 52.2 Å². The summed E-state index contributed by atoms with van der Waals surface area (Å²) in [6, 6.07) is 13.0. The number of piperidine rings is 1. The average Bonchev–Trinajstić information content (AvgIpc) is 3.23. The Morgan fingerprint density at radius 2 is 2.04 bits per heavy atom. The van der Waals surface area contributed by atoms with Crippen LogP contribution in [0.1, 0.15) is 29.3 Å². The highest BCUT2D eigenvalue weighted by molar-refractivity contribution is 14.0. The van der Waals surface area contributed by atoms with E-state index < -0.39 is 0 Å². The van der Waals surface area contributed by atoms with Gasteiger partial charge in [0, 0.05) is 31.1 Å². The SMILES string of the molecule is CN=C(NCc1ccc(OC)cc1)NCC1CCCN(C)C1c1cccs1.I. The summed E-state index contributed by atoms with van der Waals surface area (Å²) in [6.07, 6.45) is 2.50. The number of likely N-dealkylation sites (tertiary alicyclic amines) is 1. The second-order valence-corrected chi connectivity index (χ2v) is 7.98. The van der Waals surface area contributed by atoms with E-state index in [-0.39, 0.29) is 24.0 Å². The summed E-state index contributed by atoms with van der Waals surface area (Å²) >= 11 is 1.86. The normalized spacial score (nSPS) is 20.3. The molecular weight excluding hydrogens is 483 g/mol. The number of nitrogens with zero attached hydrogens (tertiary/aromatic N) is 2. The molecule has 0 saturated carbocycles. The molecule has 1 aliphatic heterocycles. The lowest BCUT2D eigenvalue weighted by atomic mass is 9.88. The number of hydrogen-bond donors (Lipinski definition) is 2. The third-order valence-electron chi connectivity index (χ3n) is 5.22. The number of nitrogens with one attached hydrogen (secondary N) is 2. The number of methoxy groups -OCH3 is 1. The van der Waals surface area contributed by atoms with Crippen LogP contribution in [-0.2, 0) is 6.54 Å². The van der Waals surface area contributed by atoms with Crippen molar-refractivity contribution in [2.45, 2.75) is 25.4 Å². The van der Waals surface area contributed by atoms with Gasteiger partial charge in [0.1, 0.15) is 5.75 Å². The third-order valence-corrected chi connectivity index (χ3v) is 6.16. The predicted octanol–water partition coefficient (Wildman–Crippen LogP) is 4.12. The van der Waals surface area contributed by atoms with Crippen LogP contribution in [0.25, 0.3) is 0 Å². The molecule has 2 N–H and O–H groups in total. The van der Waals surface area contributed by atoms with E-state index >= 15 is 0 Å². The molecule has 1 aromatic heterocycles. The number of guanidine groups is 1. The quantitative estimate of drug-likeness (QED) is 0.346. The van der Waals surface area contributed by atoms with Crippen LogP contribution in [0.3, 0.4) is 0 Å². The maximum Gasteiger partial charge on any atom is 0.191 e. The average molecular weight is 514 g/mol. The molecule has 3 rings (SSSR count). The maximum atomic E-state index is 5.21. The smallest absolute Gasteiger partial charge is 0.191 e. The van der Waals surface area contributed by atoms with E-state index in [0.717, 1.165) is 24.8 Å². The first-order chi connectivity index (χ1) is 13.2. The molecule has 0 bridgehead atoms. The molecule has 1 saturated heterocycles. The number of rotatable bonds is 6. The largest absolute Gasteiger partial charge is 0.497 e. The van der Waals surface area contributed by atoms with Crippen LogP contribution in [0.2, 0.25) is 0 Å². The van der Waals surface area contributed by atoms with Crippen LogP contribution >= 0.6 is 35.3 Å². The van der Waals surface area contributed by atoms with Crippen LogP contribution < -0.4 is 15.4 Å². The molecular formula is C21H31IN4OS. The van der Waals surface area contributed by atoms with E-state index in [1.807, 2.05) is 30.5 Å². The Labute approximate surface area is 189 Å². The summed E-state index contributed by atoms with van der Waals surface area (Å²) in [6.45, 7) is 2.83. The Hall–Kier alpha value is -1.32. The fourth-order valence-electron chi connectivity index (χ4n) is 3.76. The first-order valence-electron chi connectivity index (χ1n) is 9.52. The van der Waals surface area contributed by atoms with Crippen LogP contribution in [0, 0.1) is 5.92 Å². The van der Waals surface area contributed by atoms with E-state index in [0.29, 0.717) is 12.0 Å². The summed E-state index contributed by atoms with van der Waals surface area (Å²) in [5.41, 5.74) is 1.20. The van der Waals surface area contributed by atoms with E-state index in [1.54, 1.807) is 7.11 Å². The first-order valence-corrected chi connectivity index (χ1v) is 10.4. The van der Waals surface area contributed by atoms with Gasteiger partial charge in [-0.3, -0.25) is 9.89 Å². The highest BCUT2D eigenvalue weighted by Crippen LogP contribution is 2.36. The minimum Gasteiger partial charge on any atom is -0.497 e. The Kier molecular flexibility index (Phi) is 9.53. The lowest BCUT2D eigenvalue weighted by Crippen LogP contribution is -2.44. The summed E-state index contributed by atoms with van der Waals surface area (Å²) in [5.74, 6) is 2.31. The van der Waals surface area contributed by atoms with Gasteiger partial charge in [0.2, 0.25) is 0 Å². The van der Waals surface area contributed by atoms with Crippen LogP contribution in [0.15, 0.2) is 46.8 Å². The van der Waals surface area contributed by atoms with Gasteiger partial charge in [-0.25, -0.2) is 0 Å². The molecule has 7 heteroatoms. The third kappa shape index (κ3) is 6.09. The van der Waals surface area contributed by atoms with Gasteiger partial charge in [-0.1, -0.05) is 18.2 Å². The Morgan fingerprint density at radius 3 is 2.68 bits per heavy atom. The molecule has 5 nitrogen and oxygen atoms in total. The summed E-state index contributed by atoms with van der Waals surface area (Å²) in [7, 11) is 5.76. The number of thiophene rings is 1. The summed E-state index contributed by atoms with van der Waals surface area (Å²) in [4.78, 5) is 8.35. The van der Waals surface area contributed by atoms with Crippen LogP contribution in [0.4, 0.5) is 0 Å². The minimum atomic E-state index is 0. The molecule has 0 spiro atoms. The van der Waals surface area contributed by atoms with Crippen LogP contribution in [0.5, 0.6) is 5.75 Å². The molecule has 154 valence electrons. The lowest BCUT2D eigenvalue weighted by Gasteiger charge is -2.39. The van der Waals surface area contributed by atoms with Gasteiger partial charge in [0.15, 0.2) is 5.96 Å². The van der Waals surface area contributed by atoms with Crippen molar-refractivity contribution < 1.29 is 4.74 Å². The molecule has 2 unspecified atom stereocenters. The molecule has 28 heavy (non-hydrogen) atoms. The van der Waals surface area contributed by atoms with E-state index in [4.69, 9.17) is 4.74 Å². The molecule has 2 atom stereocenters. The fourth-order valence-corrected chi connectivity index (χ4v) is 4.74. The van der Waals surface area contributed by atoms with E-state index in [9.17, 15) is 0 Å². The lowest BCUT2D eigenvalue weighted by molar-refractivity contribution is 0.125. The number of ether oxygens (including phenoxy) is 1. The van der Waals surface area contributed by atoms with Crippen molar-refractivity contribution in [3.63, 3.8) is 0 Å². The molecule has 1 aromatic carbocycles. The molecule has 0 amide bonds. The monoisotopic (exact) mass is 514 g/mol. The number of aliphatic imine (C=N–C) groups is 1. The van der Waals surface area contributed by atoms with Crippen molar-refractivity contribution >= 4 is 41.3 Å². The van der Waals surface area contributed by atoms with Crippen molar-refractivity contribution in [1.29, 1.82) is 0 Å². The van der Waals surface area contributed by atoms with Crippen molar-refractivity contribution in [3.8, 4) is 5.75 Å². The molecule has 2 heterocycles. The Morgan fingerprint density at radius 1 is 1.25 bits per heavy atom. The van der Waals surface area contributed by atoms with E-state index in [1.165, 1.54) is 29.8 Å². The Bertz CT molecular complexity index is 721. The Balaban J connectivity index is 0.00000280. The molecule has 1 fully saturated rings. The second-order valence-electron chi connectivity index (χ2n) is 7.00. The van der Waals surface area contributed by atoms with Crippen LogP contribution in [-0.4, -0.2) is 45.2 Å². The molecule has 0 aliphatic carbocycles. The number of hydrogen-bond acceptors (Lipinski definition) is 4. The van der Waals surface area contributed by atoms with Gasteiger partial charge in [0.05, 0.1) is 7.11 Å². The minimum absolute atomic E-state index is 0. The van der Waals surface area contributed by atoms with Crippen molar-refractivity contribution in [2.75, 3.05) is 34.3 Å². The molecule has 2 aromatic rings. The number of halogens is 1. The van der Waals surface area contributed by atoms with Crippen molar-refractivity contribution in [2.24, 2.45) is 10.9 Å². The second kappa shape index (κ2) is 11.6. The van der Waals surface area contributed by atoms with Crippen molar-refractivity contribution in [1.82, 2.24) is 15.5 Å². The van der Waals surface area contributed by atoms with Gasteiger partial charge in [-0.2, -0.15) is 0 Å². The standard InChI is InChI=1S/C21H30N4OS.HI/c1-22-21(23-14-16-8-10-18(26-3)11-9-16)24-15-17-6-4-12-25(2)20(17)19-7-5-13-27-19;/h5,7-11,13,17,20H,4,6,12,14-15H2,1-3H3,(H2,22,23,24);1H. The van der Waals surface area contributed by atoms with Gasteiger partial charge in [-0.15, -0.1) is 35.3 Å².